The predicted octanol–water partition coefficient (Wildman–Crippen LogP) is 2.21. The molecule has 2 rings (SSSR count). The van der Waals surface area contributed by atoms with Crippen molar-refractivity contribution in [1.29, 1.82) is 0 Å². The monoisotopic (exact) mass is 367 g/mol. The number of benzene rings is 2. The van der Waals surface area contributed by atoms with Crippen LogP contribution >= 0.6 is 0 Å². The van der Waals surface area contributed by atoms with Gasteiger partial charge in [0.1, 0.15) is 22.1 Å². The lowest BCUT2D eigenvalue weighted by atomic mass is 10.2. The second-order valence-corrected chi connectivity index (χ2v) is 6.49. The van der Waals surface area contributed by atoms with Crippen molar-refractivity contribution in [3.8, 4) is 17.2 Å². The molecule has 0 spiro atoms. The fraction of sp³-hybridized carbons (Fsp3) is 0.188. The Labute approximate surface area is 145 Å². The van der Waals surface area contributed by atoms with E-state index in [0.717, 1.165) is 6.07 Å². The summed E-state index contributed by atoms with van der Waals surface area (Å²) >= 11 is 0. The fourth-order valence-corrected chi connectivity index (χ4v) is 3.37. The topological polar surface area (TPSA) is 111 Å². The number of hydrogen-bond acceptors (Lipinski definition) is 6. The summed E-state index contributed by atoms with van der Waals surface area (Å²) < 4.78 is 43.0. The Bertz CT molecular complexity index is 893. The van der Waals surface area contributed by atoms with E-state index in [1.165, 1.54) is 45.6 Å². The van der Waals surface area contributed by atoms with Crippen LogP contribution in [-0.4, -0.2) is 40.8 Å². The minimum absolute atomic E-state index is 0.0185. The summed E-state index contributed by atoms with van der Waals surface area (Å²) in [5.41, 5.74) is -0.00560. The maximum atomic E-state index is 12.7. The average molecular weight is 367 g/mol. The molecular formula is C16H17NO7S. The van der Waals surface area contributed by atoms with Gasteiger partial charge in [-0.3, -0.25) is 4.72 Å². The van der Waals surface area contributed by atoms with Crippen molar-refractivity contribution in [2.45, 2.75) is 4.90 Å². The van der Waals surface area contributed by atoms with E-state index in [1.54, 1.807) is 6.07 Å². The van der Waals surface area contributed by atoms with Gasteiger partial charge in [0, 0.05) is 6.07 Å². The molecule has 2 aromatic rings. The number of anilines is 1. The summed E-state index contributed by atoms with van der Waals surface area (Å²) in [7, 11) is 0.0312. The van der Waals surface area contributed by atoms with Crippen molar-refractivity contribution in [2.24, 2.45) is 0 Å². The van der Waals surface area contributed by atoms with E-state index < -0.39 is 16.0 Å². The standard InChI is InChI=1S/C16H17NO7S/c1-22-11-5-6-12(14(9-11)24-3)17-25(20,21)15-8-10(16(18)19)4-7-13(15)23-2/h4-9,17H,1-3H3,(H,18,19). The zero-order valence-electron chi connectivity index (χ0n) is 13.8. The number of carboxylic acid groups (broad SMARTS) is 1. The van der Waals surface area contributed by atoms with Gasteiger partial charge < -0.3 is 19.3 Å². The van der Waals surface area contributed by atoms with Gasteiger partial charge in [-0.15, -0.1) is 0 Å². The molecule has 0 bridgehead atoms. The van der Waals surface area contributed by atoms with Crippen LogP contribution in [0, 0.1) is 0 Å². The summed E-state index contributed by atoms with van der Waals surface area (Å²) in [6.07, 6.45) is 0. The Hall–Kier alpha value is -2.94. The number of ether oxygens (including phenoxy) is 3. The largest absolute Gasteiger partial charge is 0.497 e. The number of carboxylic acids is 1. The Morgan fingerprint density at radius 2 is 1.64 bits per heavy atom. The second-order valence-electron chi connectivity index (χ2n) is 4.84. The molecule has 0 heterocycles. The summed E-state index contributed by atoms with van der Waals surface area (Å²) in [6.45, 7) is 0. The number of rotatable bonds is 7. The molecule has 8 nitrogen and oxygen atoms in total. The molecule has 2 aromatic carbocycles. The molecule has 0 saturated heterocycles. The first-order valence-corrected chi connectivity index (χ1v) is 8.47. The number of nitrogens with one attached hydrogen (secondary N) is 1. The summed E-state index contributed by atoms with van der Waals surface area (Å²) in [5.74, 6) is -0.493. The summed E-state index contributed by atoms with van der Waals surface area (Å²) in [5, 5.41) is 9.08. The van der Waals surface area contributed by atoms with Crippen molar-refractivity contribution in [3.63, 3.8) is 0 Å². The van der Waals surface area contributed by atoms with Gasteiger partial charge in [0.05, 0.1) is 32.6 Å². The fourth-order valence-electron chi connectivity index (χ4n) is 2.10. The van der Waals surface area contributed by atoms with E-state index in [4.69, 9.17) is 19.3 Å². The minimum Gasteiger partial charge on any atom is -0.497 e. The Kier molecular flexibility index (Phi) is 5.38. The maximum absolute atomic E-state index is 12.7. The highest BCUT2D eigenvalue weighted by Crippen LogP contribution is 2.33. The number of carbonyl (C=O) groups is 1. The van der Waals surface area contributed by atoms with Gasteiger partial charge in [-0.25, -0.2) is 13.2 Å². The smallest absolute Gasteiger partial charge is 0.335 e. The van der Waals surface area contributed by atoms with E-state index in [0.29, 0.717) is 5.75 Å². The molecule has 9 heteroatoms. The van der Waals surface area contributed by atoms with E-state index in [1.807, 2.05) is 0 Å². The molecule has 0 aromatic heterocycles. The van der Waals surface area contributed by atoms with Crippen LogP contribution in [0.25, 0.3) is 0 Å². The molecule has 0 atom stereocenters. The predicted molar refractivity (Wildman–Crippen MR) is 90.3 cm³/mol. The van der Waals surface area contributed by atoms with E-state index >= 15 is 0 Å². The van der Waals surface area contributed by atoms with Crippen molar-refractivity contribution in [3.05, 3.63) is 42.0 Å². The molecular weight excluding hydrogens is 350 g/mol. The van der Waals surface area contributed by atoms with Gasteiger partial charge in [-0.1, -0.05) is 0 Å². The van der Waals surface area contributed by atoms with Gasteiger partial charge in [0.15, 0.2) is 0 Å². The van der Waals surface area contributed by atoms with Crippen molar-refractivity contribution >= 4 is 21.7 Å². The van der Waals surface area contributed by atoms with Gasteiger partial charge in [-0.2, -0.15) is 0 Å². The summed E-state index contributed by atoms with van der Waals surface area (Å²) in [4.78, 5) is 10.8. The van der Waals surface area contributed by atoms with Gasteiger partial charge >= 0.3 is 5.97 Å². The van der Waals surface area contributed by atoms with Crippen LogP contribution in [0.2, 0.25) is 0 Å². The van der Waals surface area contributed by atoms with Crippen molar-refractivity contribution in [2.75, 3.05) is 26.1 Å². The van der Waals surface area contributed by atoms with Crippen molar-refractivity contribution in [1.82, 2.24) is 0 Å². The number of hydrogen-bond donors (Lipinski definition) is 2. The lowest BCUT2D eigenvalue weighted by Gasteiger charge is -2.15. The zero-order valence-corrected chi connectivity index (χ0v) is 14.6. The molecule has 0 aliphatic carbocycles. The zero-order chi connectivity index (χ0) is 18.6. The summed E-state index contributed by atoms with van der Waals surface area (Å²) in [6, 6.07) is 8.12. The van der Waals surface area contributed by atoms with Crippen LogP contribution in [0.5, 0.6) is 17.2 Å². The Morgan fingerprint density at radius 1 is 0.960 bits per heavy atom. The third kappa shape index (κ3) is 3.94. The van der Waals surface area contributed by atoms with Crippen LogP contribution in [0.1, 0.15) is 10.4 Å². The average Bonchev–Trinajstić information content (AvgIpc) is 2.61. The van der Waals surface area contributed by atoms with Crippen LogP contribution in [0.3, 0.4) is 0 Å². The molecule has 0 fully saturated rings. The SMILES string of the molecule is COc1ccc(NS(=O)(=O)c2cc(C(=O)O)ccc2OC)c(OC)c1. The lowest BCUT2D eigenvalue weighted by molar-refractivity contribution is 0.0696. The molecule has 0 aliphatic heterocycles. The first kappa shape index (κ1) is 18.4. The molecule has 0 unspecified atom stereocenters. The maximum Gasteiger partial charge on any atom is 0.335 e. The van der Waals surface area contributed by atoms with E-state index in [-0.39, 0.29) is 27.6 Å². The van der Waals surface area contributed by atoms with Crippen LogP contribution in [-0.2, 0) is 10.0 Å². The van der Waals surface area contributed by atoms with Gasteiger partial charge in [0.25, 0.3) is 10.0 Å². The number of methoxy groups -OCH3 is 3. The van der Waals surface area contributed by atoms with Gasteiger partial charge in [0.2, 0.25) is 0 Å². The lowest BCUT2D eigenvalue weighted by Crippen LogP contribution is -2.15. The highest BCUT2D eigenvalue weighted by molar-refractivity contribution is 7.92. The minimum atomic E-state index is -4.12. The van der Waals surface area contributed by atoms with Crippen LogP contribution in [0.4, 0.5) is 5.69 Å². The molecule has 0 radical (unpaired) electrons. The van der Waals surface area contributed by atoms with E-state index in [2.05, 4.69) is 4.72 Å². The molecule has 134 valence electrons. The third-order valence-electron chi connectivity index (χ3n) is 3.35. The Balaban J connectivity index is 2.49. The molecule has 0 amide bonds. The number of sulfonamides is 1. The highest BCUT2D eigenvalue weighted by atomic mass is 32.2. The van der Waals surface area contributed by atoms with E-state index in [9.17, 15) is 13.2 Å². The highest BCUT2D eigenvalue weighted by Gasteiger charge is 2.23. The first-order valence-electron chi connectivity index (χ1n) is 6.98. The second kappa shape index (κ2) is 7.31. The Morgan fingerprint density at radius 3 is 2.20 bits per heavy atom. The van der Waals surface area contributed by atoms with Crippen LogP contribution < -0.4 is 18.9 Å². The molecule has 0 aliphatic rings. The molecule has 0 saturated carbocycles. The number of aromatic carboxylic acids is 1. The van der Waals surface area contributed by atoms with Crippen LogP contribution in [0.15, 0.2) is 41.3 Å². The molecule has 2 N–H and O–H groups in total. The van der Waals surface area contributed by atoms with Gasteiger partial charge in [-0.05, 0) is 30.3 Å². The molecule has 25 heavy (non-hydrogen) atoms. The quantitative estimate of drug-likeness (QED) is 0.772. The van der Waals surface area contributed by atoms with Crippen molar-refractivity contribution < 1.29 is 32.5 Å². The third-order valence-corrected chi connectivity index (χ3v) is 4.74. The first-order chi connectivity index (χ1) is 11.8. The normalized spacial score (nSPS) is 10.8.